The first-order chi connectivity index (χ1) is 22.8. The summed E-state index contributed by atoms with van der Waals surface area (Å²) in [5, 5.41) is 6.05. The minimum absolute atomic E-state index is 0.515. The Balaban J connectivity index is 0.000000183. The van der Waals surface area contributed by atoms with Crippen LogP contribution >= 0.6 is 34.3 Å². The van der Waals surface area contributed by atoms with Gasteiger partial charge in [0.15, 0.2) is 23.1 Å². The molecule has 1 N–H and O–H groups in total. The normalized spacial score (nSPS) is 11.0. The van der Waals surface area contributed by atoms with Crippen LogP contribution in [0.2, 0.25) is 5.15 Å². The molecule has 0 spiro atoms. The molecule has 0 saturated carbocycles. The Morgan fingerprint density at radius 2 is 1.28 bits per heavy atom. The third-order valence-electron chi connectivity index (χ3n) is 7.76. The first-order valence-corrected chi connectivity index (χ1v) is 16.7. The van der Waals surface area contributed by atoms with Crippen molar-refractivity contribution in [2.24, 2.45) is 0 Å². The van der Waals surface area contributed by atoms with E-state index in [4.69, 9.17) is 31.0 Å². The van der Waals surface area contributed by atoms with E-state index in [9.17, 15) is 0 Å². The molecular formula is C35H32ClN7O2S2. The van der Waals surface area contributed by atoms with Crippen LogP contribution in [0.3, 0.4) is 0 Å². The number of halogens is 1. The van der Waals surface area contributed by atoms with E-state index >= 15 is 0 Å². The number of aryl methyl sites for hydroxylation is 4. The zero-order valence-electron chi connectivity index (χ0n) is 26.8. The van der Waals surface area contributed by atoms with Gasteiger partial charge in [0.2, 0.25) is 0 Å². The SMILES string of the molecule is COc1ccc(CNc2nc(-c3cccnc3)nc3sc(C)c(C)c23)cc1OC.Cc1sc2nc(-c3cccnc3)nc(Cl)c2c1C. The molecule has 0 aliphatic heterocycles. The highest BCUT2D eigenvalue weighted by Crippen LogP contribution is 2.36. The van der Waals surface area contributed by atoms with Crippen LogP contribution in [0.1, 0.15) is 26.4 Å². The second-order valence-electron chi connectivity index (χ2n) is 10.7. The Labute approximate surface area is 285 Å². The molecule has 47 heavy (non-hydrogen) atoms. The van der Waals surface area contributed by atoms with E-state index in [0.29, 0.717) is 34.8 Å². The Bertz CT molecular complexity index is 2190. The van der Waals surface area contributed by atoms with Crippen LogP contribution in [0.5, 0.6) is 11.5 Å². The molecule has 1 aromatic carbocycles. The Morgan fingerprint density at radius 3 is 1.85 bits per heavy atom. The van der Waals surface area contributed by atoms with E-state index in [1.54, 1.807) is 61.7 Å². The summed E-state index contributed by atoms with van der Waals surface area (Å²) in [5.41, 5.74) is 5.22. The highest BCUT2D eigenvalue weighted by Gasteiger charge is 2.17. The quantitative estimate of drug-likeness (QED) is 0.165. The van der Waals surface area contributed by atoms with Crippen LogP contribution in [-0.4, -0.2) is 44.1 Å². The highest BCUT2D eigenvalue weighted by molar-refractivity contribution is 7.19. The number of nitrogens with one attached hydrogen (secondary N) is 1. The van der Waals surface area contributed by atoms with Gasteiger partial charge in [-0.25, -0.2) is 19.9 Å². The lowest BCUT2D eigenvalue weighted by atomic mass is 10.1. The van der Waals surface area contributed by atoms with Crippen molar-refractivity contribution >= 4 is 60.5 Å². The molecule has 0 fully saturated rings. The Hall–Kier alpha value is -4.71. The number of fused-ring (bicyclic) bond motifs is 2. The standard InChI is InChI=1S/C22H22N4O2S.C13H10ClN3S/c1-13-14(2)29-22-19(13)21(25-20(26-22)16-6-5-9-23-12-16)24-11-15-7-8-17(27-3)18(10-15)28-4;1-7-8(2)18-13-10(7)11(14)16-12(17-13)9-4-3-5-15-6-9/h5-10,12H,11H2,1-4H3,(H,24,25,26);3-6H,1-2H3. The number of hydrogen-bond acceptors (Lipinski definition) is 11. The third-order valence-corrected chi connectivity index (χ3v) is 10.2. The zero-order chi connectivity index (χ0) is 33.1. The van der Waals surface area contributed by atoms with E-state index in [2.05, 4.69) is 46.0 Å². The number of methoxy groups -OCH3 is 2. The summed E-state index contributed by atoms with van der Waals surface area (Å²) in [6, 6.07) is 13.6. The van der Waals surface area contributed by atoms with Crippen LogP contribution in [0, 0.1) is 27.7 Å². The molecule has 6 aromatic heterocycles. The van der Waals surface area contributed by atoms with Gasteiger partial charge in [-0.15, -0.1) is 22.7 Å². The molecule has 7 aromatic rings. The molecular weight excluding hydrogens is 650 g/mol. The molecule has 0 amide bonds. The third kappa shape index (κ3) is 6.73. The summed E-state index contributed by atoms with van der Waals surface area (Å²) in [7, 11) is 3.27. The maximum absolute atomic E-state index is 6.27. The van der Waals surface area contributed by atoms with Gasteiger partial charge < -0.3 is 14.8 Å². The van der Waals surface area contributed by atoms with Crippen LogP contribution in [0.15, 0.2) is 67.3 Å². The maximum Gasteiger partial charge on any atom is 0.164 e. The van der Waals surface area contributed by atoms with E-state index in [-0.39, 0.29) is 0 Å². The number of aromatic nitrogens is 6. The molecule has 0 aliphatic rings. The molecule has 0 atom stereocenters. The highest BCUT2D eigenvalue weighted by atomic mass is 35.5. The molecule has 7 rings (SSSR count). The number of rotatable bonds is 7. The average molecular weight is 682 g/mol. The molecule has 0 unspecified atom stereocenters. The van der Waals surface area contributed by atoms with Gasteiger partial charge in [0, 0.05) is 52.2 Å². The fourth-order valence-electron chi connectivity index (χ4n) is 5.00. The number of benzene rings is 1. The summed E-state index contributed by atoms with van der Waals surface area (Å²) >= 11 is 9.60. The fourth-order valence-corrected chi connectivity index (χ4v) is 7.43. The molecule has 6 heterocycles. The summed E-state index contributed by atoms with van der Waals surface area (Å²) in [5.74, 6) is 3.54. The monoisotopic (exact) mass is 681 g/mol. The Morgan fingerprint density at radius 1 is 0.702 bits per heavy atom. The van der Waals surface area contributed by atoms with E-state index in [1.807, 2.05) is 49.4 Å². The molecule has 12 heteroatoms. The van der Waals surface area contributed by atoms with Crippen molar-refractivity contribution in [3.8, 4) is 34.3 Å². The van der Waals surface area contributed by atoms with Gasteiger partial charge in [-0.05, 0) is 80.8 Å². The summed E-state index contributed by atoms with van der Waals surface area (Å²) in [4.78, 5) is 31.2. The van der Waals surface area contributed by atoms with Gasteiger partial charge in [-0.1, -0.05) is 17.7 Å². The van der Waals surface area contributed by atoms with Crippen molar-refractivity contribution in [3.05, 3.63) is 98.8 Å². The van der Waals surface area contributed by atoms with Gasteiger partial charge in [0.25, 0.3) is 0 Å². The van der Waals surface area contributed by atoms with Crippen LogP contribution in [0.4, 0.5) is 5.82 Å². The topological polar surface area (TPSA) is 108 Å². The molecule has 0 aliphatic carbocycles. The van der Waals surface area contributed by atoms with E-state index in [1.165, 1.54) is 15.3 Å². The maximum atomic E-state index is 6.27. The minimum Gasteiger partial charge on any atom is -0.493 e. The molecule has 238 valence electrons. The molecule has 0 saturated heterocycles. The van der Waals surface area contributed by atoms with Crippen molar-refractivity contribution in [2.45, 2.75) is 34.2 Å². The van der Waals surface area contributed by atoms with E-state index in [0.717, 1.165) is 48.5 Å². The van der Waals surface area contributed by atoms with Gasteiger partial charge in [-0.3, -0.25) is 9.97 Å². The predicted molar refractivity (Wildman–Crippen MR) is 192 cm³/mol. The molecule has 0 bridgehead atoms. The smallest absolute Gasteiger partial charge is 0.164 e. The largest absolute Gasteiger partial charge is 0.493 e. The number of thiophene rings is 2. The lowest BCUT2D eigenvalue weighted by Gasteiger charge is -2.12. The Kier molecular flexibility index (Phi) is 9.58. The summed E-state index contributed by atoms with van der Waals surface area (Å²) in [6.07, 6.45) is 7.00. The number of hydrogen-bond donors (Lipinski definition) is 1. The lowest BCUT2D eigenvalue weighted by molar-refractivity contribution is 0.354. The van der Waals surface area contributed by atoms with Crippen LogP contribution in [0.25, 0.3) is 43.2 Å². The first-order valence-electron chi connectivity index (χ1n) is 14.7. The first kappa shape index (κ1) is 32.2. The molecule has 0 radical (unpaired) electrons. The van der Waals surface area contributed by atoms with Crippen molar-refractivity contribution in [2.75, 3.05) is 19.5 Å². The summed E-state index contributed by atoms with van der Waals surface area (Å²) in [6.45, 7) is 8.95. The lowest BCUT2D eigenvalue weighted by Crippen LogP contribution is -2.04. The molecule has 9 nitrogen and oxygen atoms in total. The number of nitrogens with zero attached hydrogens (tertiary/aromatic N) is 6. The second kappa shape index (κ2) is 14.0. The van der Waals surface area contributed by atoms with Gasteiger partial charge >= 0.3 is 0 Å². The number of ether oxygens (including phenoxy) is 2. The second-order valence-corrected chi connectivity index (χ2v) is 13.5. The van der Waals surface area contributed by atoms with Gasteiger partial charge in [0.05, 0.1) is 25.0 Å². The van der Waals surface area contributed by atoms with Crippen molar-refractivity contribution in [1.29, 1.82) is 0 Å². The van der Waals surface area contributed by atoms with Crippen LogP contribution < -0.4 is 14.8 Å². The average Bonchev–Trinajstić information content (AvgIpc) is 3.56. The number of anilines is 1. The van der Waals surface area contributed by atoms with Gasteiger partial charge in [0.1, 0.15) is 20.6 Å². The summed E-state index contributed by atoms with van der Waals surface area (Å²) < 4.78 is 10.7. The van der Waals surface area contributed by atoms with Gasteiger partial charge in [-0.2, -0.15) is 0 Å². The van der Waals surface area contributed by atoms with Crippen molar-refractivity contribution < 1.29 is 9.47 Å². The zero-order valence-corrected chi connectivity index (χ0v) is 29.1. The fraction of sp³-hybridized carbons (Fsp3) is 0.200. The minimum atomic E-state index is 0.515. The predicted octanol–water partition coefficient (Wildman–Crippen LogP) is 9.02. The van der Waals surface area contributed by atoms with Crippen LogP contribution in [-0.2, 0) is 6.54 Å². The van der Waals surface area contributed by atoms with E-state index < -0.39 is 0 Å². The van der Waals surface area contributed by atoms with Crippen molar-refractivity contribution in [3.63, 3.8) is 0 Å². The van der Waals surface area contributed by atoms with Crippen molar-refractivity contribution in [1.82, 2.24) is 29.9 Å². The number of pyridine rings is 2.